The summed E-state index contributed by atoms with van der Waals surface area (Å²) in [6, 6.07) is 0. The van der Waals surface area contributed by atoms with Crippen LogP contribution in [0.15, 0.2) is 170 Å². The summed E-state index contributed by atoms with van der Waals surface area (Å²) in [6.07, 6.45) is 114. The summed E-state index contributed by atoms with van der Waals surface area (Å²) in [6.45, 7) is 2.45. The van der Waals surface area contributed by atoms with E-state index in [1.807, 2.05) is 0 Å². The SMILES string of the molecule is CC/C=C\C/C=C\C/C=C\C/C=C\C/C=C\C/C=C\CCCCCCCCCCCCCCC(=O)OCC(O)COP(=O)(O)OCC(O)COP(=O)(O)OCC(COC(=O)CCCCCCCCCCCCCCC/C=C\C/C=C\C/C=C\C/C=C\C/C=C\CC)OC(=O)CCCCCCCC/C=C\C/C=C\C/C=C\CCCCC. The minimum atomic E-state index is -4.95. The third-order valence-corrected chi connectivity index (χ3v) is 20.8. The molecule has 0 saturated heterocycles. The molecule has 0 spiro atoms. The second-order valence-corrected chi connectivity index (χ2v) is 32.9. The lowest BCUT2D eigenvalue weighted by Crippen LogP contribution is -2.30. The minimum absolute atomic E-state index is 0.0867. The van der Waals surface area contributed by atoms with E-state index < -0.39 is 91.5 Å². The molecule has 0 aliphatic carbocycles. The van der Waals surface area contributed by atoms with Crippen molar-refractivity contribution in [3.05, 3.63) is 170 Å². The molecule has 0 aromatic carbocycles. The van der Waals surface area contributed by atoms with Crippen molar-refractivity contribution in [1.29, 1.82) is 0 Å². The quantitative estimate of drug-likeness (QED) is 0.0146. The van der Waals surface area contributed by atoms with E-state index in [9.17, 15) is 43.5 Å². The molecule has 658 valence electrons. The predicted molar refractivity (Wildman–Crippen MR) is 482 cm³/mol. The first-order chi connectivity index (χ1) is 56.2. The number of esters is 3. The summed E-state index contributed by atoms with van der Waals surface area (Å²) in [5, 5.41) is 20.7. The number of phosphoric acid groups is 2. The van der Waals surface area contributed by atoms with Crippen molar-refractivity contribution < 1.29 is 75.8 Å². The van der Waals surface area contributed by atoms with Crippen LogP contribution < -0.4 is 0 Å². The highest BCUT2D eigenvalue weighted by molar-refractivity contribution is 7.47. The number of phosphoric ester groups is 2. The van der Waals surface area contributed by atoms with Gasteiger partial charge in [-0.15, -0.1) is 0 Å². The maximum Gasteiger partial charge on any atom is 0.472 e. The van der Waals surface area contributed by atoms with Gasteiger partial charge in [-0.1, -0.05) is 364 Å². The fourth-order valence-electron chi connectivity index (χ4n) is 12.1. The fourth-order valence-corrected chi connectivity index (χ4v) is 13.7. The van der Waals surface area contributed by atoms with Crippen LogP contribution in [0, 0.1) is 0 Å². The van der Waals surface area contributed by atoms with Crippen LogP contribution in [0.2, 0.25) is 0 Å². The molecule has 5 atom stereocenters. The van der Waals surface area contributed by atoms with E-state index in [1.165, 1.54) is 122 Å². The van der Waals surface area contributed by atoms with Gasteiger partial charge in [0.25, 0.3) is 0 Å². The topological polar surface area (TPSA) is 231 Å². The molecule has 0 aliphatic heterocycles. The Balaban J connectivity index is 4.58. The van der Waals surface area contributed by atoms with Gasteiger partial charge >= 0.3 is 33.6 Å². The average Bonchev–Trinajstić information content (AvgIpc) is 0.896. The van der Waals surface area contributed by atoms with Gasteiger partial charge in [0, 0.05) is 19.3 Å². The van der Waals surface area contributed by atoms with Gasteiger partial charge < -0.3 is 34.2 Å². The molecule has 0 fully saturated rings. The summed E-state index contributed by atoms with van der Waals surface area (Å²) >= 11 is 0. The number of ether oxygens (including phenoxy) is 3. The van der Waals surface area contributed by atoms with E-state index in [-0.39, 0.29) is 19.3 Å². The van der Waals surface area contributed by atoms with Crippen molar-refractivity contribution in [2.45, 2.75) is 386 Å². The molecule has 0 rings (SSSR count). The Morgan fingerprint density at radius 1 is 0.252 bits per heavy atom. The lowest BCUT2D eigenvalue weighted by Gasteiger charge is -2.21. The van der Waals surface area contributed by atoms with Gasteiger partial charge in [0.1, 0.15) is 25.4 Å². The lowest BCUT2D eigenvalue weighted by molar-refractivity contribution is -0.161. The number of hydrogen-bond acceptors (Lipinski definition) is 14. The minimum Gasteiger partial charge on any atom is -0.463 e. The molecule has 4 N–H and O–H groups in total. The van der Waals surface area contributed by atoms with Crippen LogP contribution in [-0.4, -0.2) is 95.9 Å². The first-order valence-corrected chi connectivity index (χ1v) is 48.4. The van der Waals surface area contributed by atoms with Gasteiger partial charge in [0.05, 0.1) is 26.4 Å². The highest BCUT2D eigenvalue weighted by Crippen LogP contribution is 2.45. The molecular formula is C97H164O16P2. The third kappa shape index (κ3) is 89.5. The number of carbonyl (C=O) groups excluding carboxylic acids is 3. The zero-order chi connectivity index (χ0) is 83.6. The number of hydrogen-bond donors (Lipinski definition) is 4. The maximum absolute atomic E-state index is 13.1. The van der Waals surface area contributed by atoms with Crippen LogP contribution in [0.5, 0.6) is 0 Å². The van der Waals surface area contributed by atoms with Crippen LogP contribution in [0.1, 0.15) is 367 Å². The fraction of sp³-hybridized carbons (Fsp3) is 0.680. The average molecular weight is 1650 g/mol. The Morgan fingerprint density at radius 2 is 0.461 bits per heavy atom. The van der Waals surface area contributed by atoms with E-state index in [1.54, 1.807) is 0 Å². The second kappa shape index (κ2) is 88.2. The van der Waals surface area contributed by atoms with Crippen molar-refractivity contribution in [1.82, 2.24) is 0 Å². The van der Waals surface area contributed by atoms with Crippen LogP contribution >= 0.6 is 15.6 Å². The summed E-state index contributed by atoms with van der Waals surface area (Å²) in [7, 11) is -9.81. The van der Waals surface area contributed by atoms with E-state index in [4.69, 9.17) is 32.3 Å². The van der Waals surface area contributed by atoms with Crippen LogP contribution in [0.3, 0.4) is 0 Å². The number of carbonyl (C=O) groups is 3. The molecule has 0 aromatic heterocycles. The van der Waals surface area contributed by atoms with Gasteiger partial charge in [-0.25, -0.2) is 9.13 Å². The third-order valence-electron chi connectivity index (χ3n) is 18.9. The number of aliphatic hydroxyl groups is 2. The summed E-state index contributed by atoms with van der Waals surface area (Å²) in [5.41, 5.74) is 0. The molecule has 0 aromatic rings. The number of rotatable bonds is 85. The monoisotopic (exact) mass is 1650 g/mol. The molecule has 16 nitrogen and oxygen atoms in total. The Morgan fingerprint density at radius 3 is 0.730 bits per heavy atom. The van der Waals surface area contributed by atoms with Crippen LogP contribution in [0.4, 0.5) is 0 Å². The number of allylic oxidation sites excluding steroid dienone is 28. The molecule has 0 saturated carbocycles. The van der Waals surface area contributed by atoms with Gasteiger partial charge in [-0.3, -0.25) is 32.5 Å². The van der Waals surface area contributed by atoms with Crippen molar-refractivity contribution in [2.24, 2.45) is 0 Å². The summed E-state index contributed by atoms with van der Waals surface area (Å²) < 4.78 is 61.4. The van der Waals surface area contributed by atoms with E-state index in [0.29, 0.717) is 19.3 Å². The van der Waals surface area contributed by atoms with Crippen molar-refractivity contribution in [3.63, 3.8) is 0 Å². The number of aliphatic hydroxyl groups excluding tert-OH is 2. The molecular weight excluding hydrogens is 1480 g/mol. The van der Waals surface area contributed by atoms with E-state index in [0.717, 1.165) is 186 Å². The second-order valence-electron chi connectivity index (χ2n) is 30.0. The lowest BCUT2D eigenvalue weighted by atomic mass is 10.0. The van der Waals surface area contributed by atoms with Crippen LogP contribution in [0.25, 0.3) is 0 Å². The Labute approximate surface area is 701 Å². The zero-order valence-corrected chi connectivity index (χ0v) is 74.2. The number of unbranched alkanes of at least 4 members (excludes halogenated alkanes) is 34. The molecule has 115 heavy (non-hydrogen) atoms. The standard InChI is InChI=1S/C97H164O16P2/c1-4-7-10-13-16-19-22-25-28-31-34-36-38-40-42-44-45-47-49-50-52-54-57-59-62-65-68-71-74-77-80-83-95(100)107-86-92(98)87-109-114(103,104)110-88-93(99)89-111-115(105,106)112-91-94(113-97(102)85-82-79-76-73-70-67-64-61-56-33-30-27-24-21-18-15-12-9-6-3)90-108-96(101)84-81-78-75-72-69-66-63-60-58-55-53-51-48-46-43-41-39-37-35-32-29-26-23-20-17-14-11-8-5-2/h7-8,10-11,16-21,25-30,34-37,40-43,45,47,56,61,92-94,98-99H,4-6,9,12-15,22-24,31-33,38-39,44,46,48-55,57-60,62-91H2,1-3H3,(H,103,104)(H,105,106)/b10-7-,11-8-,19-16-,20-17-,21-18-,28-25-,29-26-,30-27-,36-34-,37-35-,42-40-,43-41-,47-45-,61-56-. The van der Waals surface area contributed by atoms with Crippen LogP contribution in [-0.2, 0) is 55.8 Å². The van der Waals surface area contributed by atoms with Crippen molar-refractivity contribution in [3.8, 4) is 0 Å². The predicted octanol–water partition coefficient (Wildman–Crippen LogP) is 27.9. The smallest absolute Gasteiger partial charge is 0.463 e. The Hall–Kier alpha value is -5.09. The normalized spacial score (nSPS) is 14.6. The molecule has 5 unspecified atom stereocenters. The van der Waals surface area contributed by atoms with Gasteiger partial charge in [-0.2, -0.15) is 0 Å². The molecule has 0 aliphatic rings. The molecule has 0 amide bonds. The van der Waals surface area contributed by atoms with Crippen molar-refractivity contribution in [2.75, 3.05) is 39.6 Å². The van der Waals surface area contributed by atoms with E-state index in [2.05, 4.69) is 191 Å². The van der Waals surface area contributed by atoms with Crippen molar-refractivity contribution >= 4 is 33.6 Å². The largest absolute Gasteiger partial charge is 0.472 e. The highest BCUT2D eigenvalue weighted by Gasteiger charge is 2.29. The molecule has 0 radical (unpaired) electrons. The van der Waals surface area contributed by atoms with Gasteiger partial charge in [0.2, 0.25) is 0 Å². The first-order valence-electron chi connectivity index (χ1n) is 45.4. The first kappa shape index (κ1) is 110. The molecule has 0 bridgehead atoms. The maximum atomic E-state index is 13.1. The highest BCUT2D eigenvalue weighted by atomic mass is 31.2. The van der Waals surface area contributed by atoms with E-state index >= 15 is 0 Å². The summed E-state index contributed by atoms with van der Waals surface area (Å²) in [5.74, 6) is -1.59. The zero-order valence-electron chi connectivity index (χ0n) is 72.4. The summed E-state index contributed by atoms with van der Waals surface area (Å²) in [4.78, 5) is 59.0. The van der Waals surface area contributed by atoms with Gasteiger partial charge in [-0.05, 0) is 154 Å². The Bertz CT molecular complexity index is 2770. The van der Waals surface area contributed by atoms with Gasteiger partial charge in [0.15, 0.2) is 6.10 Å². The molecule has 18 heteroatoms. The Kier molecular flexibility index (Phi) is 84.3. The molecule has 0 heterocycles.